The fourth-order valence-corrected chi connectivity index (χ4v) is 2.09. The fourth-order valence-electron chi connectivity index (χ4n) is 1.91. The van der Waals surface area contributed by atoms with Gasteiger partial charge in [-0.05, 0) is 35.2 Å². The Hall–Kier alpha value is -1.31. The summed E-state index contributed by atoms with van der Waals surface area (Å²) in [7, 11) is 0. The van der Waals surface area contributed by atoms with Crippen LogP contribution in [0.1, 0.15) is 25.0 Å². The van der Waals surface area contributed by atoms with Crippen molar-refractivity contribution in [3.8, 4) is 11.1 Å². The predicted molar refractivity (Wildman–Crippen MR) is 83.6 cm³/mol. The lowest BCUT2D eigenvalue weighted by atomic mass is 10.0. The normalized spacial score (nSPS) is 11.0. The van der Waals surface area contributed by atoms with Crippen LogP contribution in [-0.2, 0) is 6.54 Å². The second kappa shape index (κ2) is 6.23. The quantitative estimate of drug-likeness (QED) is 0.843. The van der Waals surface area contributed by atoms with Gasteiger partial charge in [-0.3, -0.25) is 0 Å². The van der Waals surface area contributed by atoms with Crippen LogP contribution in [0.4, 0.5) is 0 Å². The SMILES string of the molecule is Cc1ccc(-c2ccc(CNC(C)C)cc2)cc1Cl. The second-order valence-corrected chi connectivity index (χ2v) is 5.60. The molecular weight excluding hydrogens is 254 g/mol. The Morgan fingerprint density at radius 2 is 1.63 bits per heavy atom. The molecule has 0 unspecified atom stereocenters. The van der Waals surface area contributed by atoms with Crippen LogP contribution < -0.4 is 5.32 Å². The highest BCUT2D eigenvalue weighted by Crippen LogP contribution is 2.25. The molecule has 1 nitrogen and oxygen atoms in total. The maximum atomic E-state index is 6.17. The van der Waals surface area contributed by atoms with Crippen molar-refractivity contribution < 1.29 is 0 Å². The van der Waals surface area contributed by atoms with E-state index >= 15 is 0 Å². The third kappa shape index (κ3) is 3.82. The van der Waals surface area contributed by atoms with Gasteiger partial charge in [-0.25, -0.2) is 0 Å². The maximum absolute atomic E-state index is 6.17. The van der Waals surface area contributed by atoms with Crippen LogP contribution in [0.5, 0.6) is 0 Å². The summed E-state index contributed by atoms with van der Waals surface area (Å²) in [5.41, 5.74) is 4.79. The number of hydrogen-bond donors (Lipinski definition) is 1. The molecule has 0 spiro atoms. The van der Waals surface area contributed by atoms with Crippen molar-refractivity contribution in [3.05, 3.63) is 58.6 Å². The van der Waals surface area contributed by atoms with Gasteiger partial charge in [0, 0.05) is 17.6 Å². The molecule has 2 heteroatoms. The highest BCUT2D eigenvalue weighted by atomic mass is 35.5. The molecule has 1 N–H and O–H groups in total. The van der Waals surface area contributed by atoms with Gasteiger partial charge in [-0.2, -0.15) is 0 Å². The smallest absolute Gasteiger partial charge is 0.0441 e. The van der Waals surface area contributed by atoms with Crippen molar-refractivity contribution >= 4 is 11.6 Å². The molecule has 2 rings (SSSR count). The summed E-state index contributed by atoms with van der Waals surface area (Å²) in [4.78, 5) is 0. The van der Waals surface area contributed by atoms with Crippen molar-refractivity contribution in [1.29, 1.82) is 0 Å². The van der Waals surface area contributed by atoms with Crippen LogP contribution in [0.15, 0.2) is 42.5 Å². The van der Waals surface area contributed by atoms with Crippen molar-refractivity contribution in [1.82, 2.24) is 5.32 Å². The zero-order valence-electron chi connectivity index (χ0n) is 11.7. The summed E-state index contributed by atoms with van der Waals surface area (Å²) < 4.78 is 0. The molecule has 0 bridgehead atoms. The zero-order valence-corrected chi connectivity index (χ0v) is 12.5. The van der Waals surface area contributed by atoms with Crippen molar-refractivity contribution in [2.75, 3.05) is 0 Å². The van der Waals surface area contributed by atoms with Crippen LogP contribution in [0.3, 0.4) is 0 Å². The Morgan fingerprint density at radius 3 is 2.21 bits per heavy atom. The lowest BCUT2D eigenvalue weighted by Gasteiger charge is -2.09. The van der Waals surface area contributed by atoms with E-state index in [4.69, 9.17) is 11.6 Å². The van der Waals surface area contributed by atoms with E-state index < -0.39 is 0 Å². The van der Waals surface area contributed by atoms with Crippen molar-refractivity contribution in [3.63, 3.8) is 0 Å². The van der Waals surface area contributed by atoms with Crippen LogP contribution in [0, 0.1) is 6.92 Å². The van der Waals surface area contributed by atoms with Gasteiger partial charge in [0.1, 0.15) is 0 Å². The Balaban J connectivity index is 2.15. The molecule has 19 heavy (non-hydrogen) atoms. The number of benzene rings is 2. The maximum Gasteiger partial charge on any atom is 0.0441 e. The lowest BCUT2D eigenvalue weighted by molar-refractivity contribution is 0.589. The first kappa shape index (κ1) is 14.1. The molecule has 0 aliphatic carbocycles. The van der Waals surface area contributed by atoms with E-state index in [1.807, 2.05) is 13.0 Å². The fraction of sp³-hybridized carbons (Fsp3) is 0.294. The molecule has 0 saturated carbocycles. The first-order valence-corrected chi connectivity index (χ1v) is 7.03. The molecule has 2 aromatic carbocycles. The largest absolute Gasteiger partial charge is 0.310 e. The number of rotatable bonds is 4. The number of nitrogens with one attached hydrogen (secondary N) is 1. The van der Waals surface area contributed by atoms with E-state index in [-0.39, 0.29) is 0 Å². The molecule has 0 fully saturated rings. The third-order valence-corrected chi connectivity index (χ3v) is 3.58. The van der Waals surface area contributed by atoms with E-state index in [0.717, 1.165) is 17.1 Å². The standard InChI is InChI=1S/C17H20ClN/c1-12(2)19-11-14-5-8-15(9-6-14)16-7-4-13(3)17(18)10-16/h4-10,12,19H,11H2,1-3H3. The molecule has 2 aromatic rings. The summed E-state index contributed by atoms with van der Waals surface area (Å²) in [5, 5.41) is 4.24. The lowest BCUT2D eigenvalue weighted by Crippen LogP contribution is -2.21. The molecule has 100 valence electrons. The minimum absolute atomic E-state index is 0.510. The molecule has 0 aliphatic heterocycles. The summed E-state index contributed by atoms with van der Waals surface area (Å²) in [6.45, 7) is 7.24. The monoisotopic (exact) mass is 273 g/mol. The van der Waals surface area contributed by atoms with Crippen molar-refractivity contribution in [2.45, 2.75) is 33.4 Å². The molecule has 0 atom stereocenters. The highest BCUT2D eigenvalue weighted by Gasteiger charge is 2.01. The molecule has 0 aliphatic rings. The Labute approximate surface area is 120 Å². The third-order valence-electron chi connectivity index (χ3n) is 3.17. The zero-order chi connectivity index (χ0) is 13.8. The van der Waals surface area contributed by atoms with E-state index in [1.54, 1.807) is 0 Å². The van der Waals surface area contributed by atoms with Crippen LogP contribution >= 0.6 is 11.6 Å². The second-order valence-electron chi connectivity index (χ2n) is 5.20. The van der Waals surface area contributed by atoms with Gasteiger partial charge in [0.2, 0.25) is 0 Å². The minimum Gasteiger partial charge on any atom is -0.310 e. The summed E-state index contributed by atoms with van der Waals surface area (Å²) in [5.74, 6) is 0. The van der Waals surface area contributed by atoms with Crippen molar-refractivity contribution in [2.24, 2.45) is 0 Å². The molecule has 0 amide bonds. The highest BCUT2D eigenvalue weighted by molar-refractivity contribution is 6.31. The number of aryl methyl sites for hydroxylation is 1. The molecule has 0 aromatic heterocycles. The van der Waals surface area contributed by atoms with Gasteiger partial charge in [0.05, 0.1) is 0 Å². The number of hydrogen-bond acceptors (Lipinski definition) is 1. The average molecular weight is 274 g/mol. The van der Waals surface area contributed by atoms with Gasteiger partial charge in [-0.15, -0.1) is 0 Å². The van der Waals surface area contributed by atoms with Crippen LogP contribution in [-0.4, -0.2) is 6.04 Å². The minimum atomic E-state index is 0.510. The van der Waals surface area contributed by atoms with Gasteiger partial charge in [-0.1, -0.05) is 61.8 Å². The Bertz CT molecular complexity index is 544. The average Bonchev–Trinajstić information content (AvgIpc) is 2.40. The van der Waals surface area contributed by atoms with E-state index in [2.05, 4.69) is 55.6 Å². The first-order valence-electron chi connectivity index (χ1n) is 6.65. The van der Waals surface area contributed by atoms with Gasteiger partial charge in [0.25, 0.3) is 0 Å². The Kier molecular flexibility index (Phi) is 4.62. The van der Waals surface area contributed by atoms with E-state index in [1.165, 1.54) is 16.7 Å². The van der Waals surface area contributed by atoms with Crippen LogP contribution in [0.2, 0.25) is 5.02 Å². The van der Waals surface area contributed by atoms with Crippen LogP contribution in [0.25, 0.3) is 11.1 Å². The first-order chi connectivity index (χ1) is 9.06. The molecule has 0 saturated heterocycles. The topological polar surface area (TPSA) is 12.0 Å². The summed E-state index contributed by atoms with van der Waals surface area (Å²) in [6.07, 6.45) is 0. The van der Waals surface area contributed by atoms with Gasteiger partial charge in [0.15, 0.2) is 0 Å². The van der Waals surface area contributed by atoms with Gasteiger partial charge < -0.3 is 5.32 Å². The summed E-state index contributed by atoms with van der Waals surface area (Å²) in [6, 6.07) is 15.3. The van der Waals surface area contributed by atoms with E-state index in [0.29, 0.717) is 6.04 Å². The molecule has 0 radical (unpaired) electrons. The van der Waals surface area contributed by atoms with Gasteiger partial charge >= 0.3 is 0 Å². The number of halogens is 1. The van der Waals surface area contributed by atoms with E-state index in [9.17, 15) is 0 Å². The summed E-state index contributed by atoms with van der Waals surface area (Å²) >= 11 is 6.17. The molecule has 0 heterocycles. The Morgan fingerprint density at radius 1 is 1.00 bits per heavy atom. The molecular formula is C17H20ClN. The predicted octanol–water partition coefficient (Wildman–Crippen LogP) is 4.81.